The molecule has 2 aromatic heterocycles. The largest absolute Gasteiger partial charge is 0.346 e. The number of hydrogen-bond acceptors (Lipinski definition) is 5. The third kappa shape index (κ3) is 2.60. The van der Waals surface area contributed by atoms with Gasteiger partial charge in [-0.2, -0.15) is 8.75 Å². The van der Waals surface area contributed by atoms with Crippen LogP contribution in [0.15, 0.2) is 18.3 Å². The molecule has 6 heteroatoms. The standard InChI is InChI=1S/C9H9N3OS2/c1-6-2-3-7(14-6)4-10-9(13)8-5-11-15-12-8/h2-3,5H,4H2,1H3,(H,10,13). The molecule has 0 radical (unpaired) electrons. The zero-order valence-electron chi connectivity index (χ0n) is 8.06. The average molecular weight is 239 g/mol. The van der Waals surface area contributed by atoms with Gasteiger partial charge in [-0.15, -0.1) is 11.3 Å². The second kappa shape index (κ2) is 4.50. The summed E-state index contributed by atoms with van der Waals surface area (Å²) < 4.78 is 7.63. The Bertz CT molecular complexity index is 450. The van der Waals surface area contributed by atoms with Crippen molar-refractivity contribution in [2.75, 3.05) is 0 Å². The van der Waals surface area contributed by atoms with Crippen LogP contribution in [-0.2, 0) is 6.54 Å². The summed E-state index contributed by atoms with van der Waals surface area (Å²) >= 11 is 2.71. The minimum absolute atomic E-state index is 0.171. The number of carbonyl (C=O) groups excluding carboxylic acids is 1. The maximum absolute atomic E-state index is 11.5. The zero-order chi connectivity index (χ0) is 10.7. The van der Waals surface area contributed by atoms with Crippen LogP contribution < -0.4 is 5.32 Å². The van der Waals surface area contributed by atoms with Gasteiger partial charge in [0.25, 0.3) is 5.91 Å². The molecule has 0 aromatic carbocycles. The van der Waals surface area contributed by atoms with E-state index >= 15 is 0 Å². The van der Waals surface area contributed by atoms with Crippen molar-refractivity contribution in [2.24, 2.45) is 0 Å². The van der Waals surface area contributed by atoms with Crippen LogP contribution in [-0.4, -0.2) is 14.7 Å². The molecule has 0 atom stereocenters. The van der Waals surface area contributed by atoms with Crippen LogP contribution in [0.2, 0.25) is 0 Å². The molecule has 0 spiro atoms. The van der Waals surface area contributed by atoms with Gasteiger partial charge in [0.15, 0.2) is 5.69 Å². The van der Waals surface area contributed by atoms with E-state index in [2.05, 4.69) is 14.1 Å². The molecule has 0 aliphatic heterocycles. The van der Waals surface area contributed by atoms with Crippen molar-refractivity contribution in [2.45, 2.75) is 13.5 Å². The minimum Gasteiger partial charge on any atom is -0.346 e. The van der Waals surface area contributed by atoms with E-state index < -0.39 is 0 Å². The SMILES string of the molecule is Cc1ccc(CNC(=O)c2cnsn2)s1. The molecule has 0 saturated carbocycles. The molecule has 2 heterocycles. The summed E-state index contributed by atoms with van der Waals surface area (Å²) in [6.07, 6.45) is 1.47. The Morgan fingerprint density at radius 1 is 1.53 bits per heavy atom. The highest BCUT2D eigenvalue weighted by Crippen LogP contribution is 2.14. The Morgan fingerprint density at radius 3 is 3.00 bits per heavy atom. The van der Waals surface area contributed by atoms with E-state index in [1.165, 1.54) is 11.1 Å². The summed E-state index contributed by atoms with van der Waals surface area (Å²) in [7, 11) is 0. The van der Waals surface area contributed by atoms with Gasteiger partial charge >= 0.3 is 0 Å². The van der Waals surface area contributed by atoms with E-state index in [1.807, 2.05) is 19.1 Å². The highest BCUT2D eigenvalue weighted by molar-refractivity contribution is 7.11. The van der Waals surface area contributed by atoms with Crippen molar-refractivity contribution < 1.29 is 4.79 Å². The lowest BCUT2D eigenvalue weighted by Crippen LogP contribution is -2.22. The van der Waals surface area contributed by atoms with Gasteiger partial charge in [0.05, 0.1) is 24.5 Å². The maximum atomic E-state index is 11.5. The predicted octanol–water partition coefficient (Wildman–Crippen LogP) is 1.84. The van der Waals surface area contributed by atoms with E-state index in [0.29, 0.717) is 12.2 Å². The lowest BCUT2D eigenvalue weighted by atomic mass is 10.4. The topological polar surface area (TPSA) is 54.9 Å². The number of nitrogens with zero attached hydrogens (tertiary/aromatic N) is 2. The van der Waals surface area contributed by atoms with Crippen LogP contribution in [0.3, 0.4) is 0 Å². The van der Waals surface area contributed by atoms with E-state index in [1.54, 1.807) is 11.3 Å². The van der Waals surface area contributed by atoms with Gasteiger partial charge in [-0.3, -0.25) is 4.79 Å². The number of rotatable bonds is 3. The van der Waals surface area contributed by atoms with Gasteiger partial charge in [0.2, 0.25) is 0 Å². The first-order chi connectivity index (χ1) is 7.25. The Labute approximate surface area is 95.3 Å². The van der Waals surface area contributed by atoms with Crippen molar-refractivity contribution in [3.8, 4) is 0 Å². The number of nitrogens with one attached hydrogen (secondary N) is 1. The highest BCUT2D eigenvalue weighted by atomic mass is 32.1. The molecule has 2 aromatic rings. The molecule has 0 unspecified atom stereocenters. The molecule has 0 fully saturated rings. The summed E-state index contributed by atoms with van der Waals surface area (Å²) in [5, 5.41) is 2.79. The first-order valence-corrected chi connectivity index (χ1v) is 5.91. The Morgan fingerprint density at radius 2 is 2.40 bits per heavy atom. The Kier molecular flexibility index (Phi) is 3.08. The van der Waals surface area contributed by atoms with Crippen molar-refractivity contribution in [3.05, 3.63) is 33.8 Å². The Hall–Kier alpha value is -1.27. The van der Waals surface area contributed by atoms with Crippen LogP contribution in [0.4, 0.5) is 0 Å². The van der Waals surface area contributed by atoms with Gasteiger partial charge in [0.1, 0.15) is 0 Å². The fourth-order valence-electron chi connectivity index (χ4n) is 1.10. The van der Waals surface area contributed by atoms with Gasteiger partial charge in [-0.25, -0.2) is 0 Å². The number of amides is 1. The van der Waals surface area contributed by atoms with Crippen LogP contribution in [0, 0.1) is 6.92 Å². The second-order valence-electron chi connectivity index (χ2n) is 2.99. The van der Waals surface area contributed by atoms with Crippen LogP contribution >= 0.6 is 23.1 Å². The first-order valence-electron chi connectivity index (χ1n) is 4.37. The minimum atomic E-state index is -0.171. The molecule has 0 saturated heterocycles. The smallest absolute Gasteiger partial charge is 0.272 e. The quantitative estimate of drug-likeness (QED) is 0.889. The van der Waals surface area contributed by atoms with E-state index in [9.17, 15) is 4.79 Å². The van der Waals surface area contributed by atoms with Crippen molar-refractivity contribution in [1.29, 1.82) is 0 Å². The average Bonchev–Trinajstić information content (AvgIpc) is 2.84. The van der Waals surface area contributed by atoms with Crippen LogP contribution in [0.25, 0.3) is 0 Å². The number of thiophene rings is 1. The number of hydrogen-bond donors (Lipinski definition) is 1. The third-order valence-electron chi connectivity index (χ3n) is 1.81. The molecule has 1 amide bonds. The monoisotopic (exact) mass is 239 g/mol. The Balaban J connectivity index is 1.91. The molecule has 0 aliphatic carbocycles. The number of carbonyl (C=O) groups is 1. The maximum Gasteiger partial charge on any atom is 0.272 e. The van der Waals surface area contributed by atoms with Gasteiger partial charge < -0.3 is 5.32 Å². The summed E-state index contributed by atoms with van der Waals surface area (Å²) in [5.74, 6) is -0.171. The molecule has 2 rings (SSSR count). The van der Waals surface area contributed by atoms with Gasteiger partial charge in [-0.1, -0.05) is 0 Å². The highest BCUT2D eigenvalue weighted by Gasteiger charge is 2.08. The molecule has 15 heavy (non-hydrogen) atoms. The molecular weight excluding hydrogens is 230 g/mol. The van der Waals surface area contributed by atoms with E-state index in [4.69, 9.17) is 0 Å². The van der Waals surface area contributed by atoms with Crippen LogP contribution in [0.5, 0.6) is 0 Å². The van der Waals surface area contributed by atoms with Gasteiger partial charge in [-0.05, 0) is 19.1 Å². The summed E-state index contributed by atoms with van der Waals surface area (Å²) in [4.78, 5) is 13.9. The molecule has 4 nitrogen and oxygen atoms in total. The van der Waals surface area contributed by atoms with Crippen molar-refractivity contribution >= 4 is 29.0 Å². The molecule has 1 N–H and O–H groups in total. The lowest BCUT2D eigenvalue weighted by molar-refractivity contribution is 0.0947. The summed E-state index contributed by atoms with van der Waals surface area (Å²) in [5.41, 5.74) is 0.383. The molecule has 0 aliphatic rings. The van der Waals surface area contributed by atoms with Crippen LogP contribution in [0.1, 0.15) is 20.2 Å². The second-order valence-corrected chi connectivity index (χ2v) is 4.92. The van der Waals surface area contributed by atoms with E-state index in [-0.39, 0.29) is 5.91 Å². The summed E-state index contributed by atoms with van der Waals surface area (Å²) in [6.45, 7) is 2.59. The van der Waals surface area contributed by atoms with Crippen molar-refractivity contribution in [3.63, 3.8) is 0 Å². The predicted molar refractivity (Wildman–Crippen MR) is 60.1 cm³/mol. The molecule has 78 valence electrons. The third-order valence-corrected chi connectivity index (χ3v) is 3.29. The fraction of sp³-hybridized carbons (Fsp3) is 0.222. The number of aromatic nitrogens is 2. The lowest BCUT2D eigenvalue weighted by Gasteiger charge is -1.99. The molecule has 0 bridgehead atoms. The number of aryl methyl sites for hydroxylation is 1. The molecular formula is C9H9N3OS2. The van der Waals surface area contributed by atoms with Gasteiger partial charge in [0, 0.05) is 9.75 Å². The zero-order valence-corrected chi connectivity index (χ0v) is 9.69. The van der Waals surface area contributed by atoms with E-state index in [0.717, 1.165) is 16.6 Å². The normalized spacial score (nSPS) is 10.2. The van der Waals surface area contributed by atoms with Crippen molar-refractivity contribution in [1.82, 2.24) is 14.1 Å². The summed E-state index contributed by atoms with van der Waals surface area (Å²) in [6, 6.07) is 4.05. The fourth-order valence-corrected chi connectivity index (χ4v) is 2.34. The first kappa shape index (κ1) is 10.3.